The lowest BCUT2D eigenvalue weighted by molar-refractivity contribution is 0.0952. The fourth-order valence-corrected chi connectivity index (χ4v) is 1.99. The van der Waals surface area contributed by atoms with Crippen molar-refractivity contribution in [3.8, 4) is 5.75 Å². The van der Waals surface area contributed by atoms with Gasteiger partial charge in [0.2, 0.25) is 10.0 Å². The molecule has 0 aromatic heterocycles. The van der Waals surface area contributed by atoms with Crippen molar-refractivity contribution in [2.24, 2.45) is 5.14 Å². The molecule has 100 valence electrons. The molecule has 0 aliphatic heterocycles. The molecule has 1 rings (SSSR count). The van der Waals surface area contributed by atoms with E-state index in [1.165, 1.54) is 6.07 Å². The van der Waals surface area contributed by atoms with E-state index in [1.54, 1.807) is 19.1 Å². The summed E-state index contributed by atoms with van der Waals surface area (Å²) < 4.78 is 21.4. The highest BCUT2D eigenvalue weighted by molar-refractivity contribution is 7.89. The number of hydrogen-bond donors (Lipinski definition) is 3. The first-order valence-electron chi connectivity index (χ1n) is 5.38. The summed E-state index contributed by atoms with van der Waals surface area (Å²) >= 11 is 0. The normalized spacial score (nSPS) is 11.2. The Morgan fingerprint density at radius 2 is 2.11 bits per heavy atom. The molecule has 6 nitrogen and oxygen atoms in total. The van der Waals surface area contributed by atoms with Gasteiger partial charge in [-0.15, -0.1) is 0 Å². The van der Waals surface area contributed by atoms with Gasteiger partial charge in [0.05, 0.1) is 5.75 Å². The van der Waals surface area contributed by atoms with Crippen molar-refractivity contribution in [3.05, 3.63) is 29.3 Å². The predicted octanol–water partition coefficient (Wildman–Crippen LogP) is 0.109. The third-order valence-corrected chi connectivity index (χ3v) is 3.30. The molecule has 1 aromatic carbocycles. The van der Waals surface area contributed by atoms with Crippen LogP contribution in [0.25, 0.3) is 0 Å². The number of sulfonamides is 1. The van der Waals surface area contributed by atoms with Crippen molar-refractivity contribution < 1.29 is 18.3 Å². The average Bonchev–Trinajstić information content (AvgIpc) is 2.26. The first kappa shape index (κ1) is 14.5. The molecule has 0 atom stereocenters. The summed E-state index contributed by atoms with van der Waals surface area (Å²) in [6.07, 6.45) is 0.252. The van der Waals surface area contributed by atoms with Gasteiger partial charge < -0.3 is 10.4 Å². The maximum Gasteiger partial charge on any atom is 0.251 e. The van der Waals surface area contributed by atoms with Crippen LogP contribution in [0.1, 0.15) is 22.3 Å². The molecular formula is C11H16N2O4S. The Bertz CT molecular complexity index is 540. The second kappa shape index (κ2) is 5.83. The number of phenols is 1. The minimum atomic E-state index is -3.49. The van der Waals surface area contributed by atoms with Crippen molar-refractivity contribution >= 4 is 15.9 Å². The fourth-order valence-electron chi connectivity index (χ4n) is 1.44. The van der Waals surface area contributed by atoms with E-state index in [0.29, 0.717) is 11.1 Å². The van der Waals surface area contributed by atoms with Gasteiger partial charge in [-0.3, -0.25) is 4.79 Å². The fraction of sp³-hybridized carbons (Fsp3) is 0.364. The largest absolute Gasteiger partial charge is 0.508 e. The summed E-state index contributed by atoms with van der Waals surface area (Å²) in [4.78, 5) is 11.7. The van der Waals surface area contributed by atoms with Crippen LogP contribution in [0.4, 0.5) is 0 Å². The summed E-state index contributed by atoms with van der Waals surface area (Å²) in [5, 5.41) is 16.9. The predicted molar refractivity (Wildman–Crippen MR) is 67.8 cm³/mol. The molecule has 0 radical (unpaired) electrons. The molecule has 0 bridgehead atoms. The molecule has 1 amide bonds. The summed E-state index contributed by atoms with van der Waals surface area (Å²) in [5.41, 5.74) is 0.854. The quantitative estimate of drug-likeness (QED) is 0.661. The Labute approximate surface area is 106 Å². The van der Waals surface area contributed by atoms with Gasteiger partial charge >= 0.3 is 0 Å². The number of amides is 1. The number of nitrogens with one attached hydrogen (secondary N) is 1. The van der Waals surface area contributed by atoms with Crippen LogP contribution in [-0.2, 0) is 10.0 Å². The smallest absolute Gasteiger partial charge is 0.251 e. The van der Waals surface area contributed by atoms with Gasteiger partial charge in [0.25, 0.3) is 5.91 Å². The lowest BCUT2D eigenvalue weighted by Gasteiger charge is -2.08. The van der Waals surface area contributed by atoms with Crippen molar-refractivity contribution in [1.82, 2.24) is 5.32 Å². The highest BCUT2D eigenvalue weighted by atomic mass is 32.2. The van der Waals surface area contributed by atoms with Crippen LogP contribution < -0.4 is 10.5 Å². The zero-order valence-corrected chi connectivity index (χ0v) is 10.8. The van der Waals surface area contributed by atoms with Crippen LogP contribution in [0, 0.1) is 6.92 Å². The van der Waals surface area contributed by atoms with Gasteiger partial charge in [-0.25, -0.2) is 13.6 Å². The SMILES string of the molecule is Cc1c(O)cccc1C(=O)NCCCS(N)(=O)=O. The zero-order chi connectivity index (χ0) is 13.8. The van der Waals surface area contributed by atoms with Crippen LogP contribution in [0.5, 0.6) is 5.75 Å². The van der Waals surface area contributed by atoms with E-state index in [-0.39, 0.29) is 30.4 Å². The number of rotatable bonds is 5. The van der Waals surface area contributed by atoms with E-state index in [4.69, 9.17) is 5.14 Å². The minimum absolute atomic E-state index is 0.0483. The van der Waals surface area contributed by atoms with Crippen LogP contribution >= 0.6 is 0 Å². The third-order valence-electron chi connectivity index (χ3n) is 2.44. The van der Waals surface area contributed by atoms with Gasteiger partial charge in [-0.1, -0.05) is 6.07 Å². The molecule has 0 aliphatic rings. The molecule has 0 spiro atoms. The monoisotopic (exact) mass is 272 g/mol. The molecule has 0 saturated heterocycles. The van der Waals surface area contributed by atoms with Crippen molar-refractivity contribution in [1.29, 1.82) is 0 Å². The van der Waals surface area contributed by atoms with Crippen LogP contribution in [0.2, 0.25) is 0 Å². The number of carbonyl (C=O) groups is 1. The lowest BCUT2D eigenvalue weighted by Crippen LogP contribution is -2.27. The lowest BCUT2D eigenvalue weighted by atomic mass is 10.1. The van der Waals surface area contributed by atoms with Crippen LogP contribution in [0.15, 0.2) is 18.2 Å². The molecule has 0 heterocycles. The van der Waals surface area contributed by atoms with E-state index >= 15 is 0 Å². The van der Waals surface area contributed by atoms with Crippen LogP contribution in [0.3, 0.4) is 0 Å². The molecule has 7 heteroatoms. The summed E-state index contributed by atoms with van der Waals surface area (Å²) in [5.74, 6) is -0.475. The second-order valence-electron chi connectivity index (χ2n) is 3.93. The van der Waals surface area contributed by atoms with Gasteiger partial charge in [-0.05, 0) is 25.5 Å². The maximum atomic E-state index is 11.7. The minimum Gasteiger partial charge on any atom is -0.508 e. The highest BCUT2D eigenvalue weighted by Crippen LogP contribution is 2.19. The number of hydrogen-bond acceptors (Lipinski definition) is 4. The van der Waals surface area contributed by atoms with E-state index in [1.807, 2.05) is 0 Å². The van der Waals surface area contributed by atoms with E-state index in [2.05, 4.69) is 5.32 Å². The summed E-state index contributed by atoms with van der Waals surface area (Å²) in [6.45, 7) is 1.85. The van der Waals surface area contributed by atoms with Crippen molar-refractivity contribution in [3.63, 3.8) is 0 Å². The first-order valence-corrected chi connectivity index (χ1v) is 7.10. The summed E-state index contributed by atoms with van der Waals surface area (Å²) in [7, 11) is -3.49. The van der Waals surface area contributed by atoms with E-state index in [0.717, 1.165) is 0 Å². The van der Waals surface area contributed by atoms with E-state index in [9.17, 15) is 18.3 Å². The number of phenolic OH excluding ortho intramolecular Hbond substituents is 1. The molecule has 0 fully saturated rings. The molecule has 1 aromatic rings. The molecule has 0 saturated carbocycles. The molecule has 0 unspecified atom stereocenters. The standard InChI is InChI=1S/C11H16N2O4S/c1-8-9(4-2-5-10(8)14)11(15)13-6-3-7-18(12,16)17/h2,4-5,14H,3,6-7H2,1H3,(H,13,15)(H2,12,16,17). The van der Waals surface area contributed by atoms with Crippen LogP contribution in [-0.4, -0.2) is 31.7 Å². The third kappa shape index (κ3) is 4.34. The van der Waals surface area contributed by atoms with Gasteiger partial charge in [0.15, 0.2) is 0 Å². The number of primary sulfonamides is 1. The number of benzene rings is 1. The van der Waals surface area contributed by atoms with Crippen molar-refractivity contribution in [2.45, 2.75) is 13.3 Å². The number of nitrogens with two attached hydrogens (primary N) is 1. The molecule has 4 N–H and O–H groups in total. The summed E-state index contributed by atoms with van der Waals surface area (Å²) in [6, 6.07) is 4.65. The number of carbonyl (C=O) groups excluding carboxylic acids is 1. The average molecular weight is 272 g/mol. The van der Waals surface area contributed by atoms with Crippen molar-refractivity contribution in [2.75, 3.05) is 12.3 Å². The highest BCUT2D eigenvalue weighted by Gasteiger charge is 2.11. The molecule has 18 heavy (non-hydrogen) atoms. The molecule has 0 aliphatic carbocycles. The Balaban J connectivity index is 2.54. The van der Waals surface area contributed by atoms with E-state index < -0.39 is 10.0 Å². The topological polar surface area (TPSA) is 109 Å². The zero-order valence-electron chi connectivity index (χ0n) is 10.0. The Morgan fingerprint density at radius 1 is 1.44 bits per heavy atom. The maximum absolute atomic E-state index is 11.7. The second-order valence-corrected chi connectivity index (χ2v) is 5.66. The Morgan fingerprint density at radius 3 is 2.72 bits per heavy atom. The molecular weight excluding hydrogens is 256 g/mol. The Kier molecular flexibility index (Phi) is 4.69. The van der Waals surface area contributed by atoms with Gasteiger partial charge in [0, 0.05) is 17.7 Å². The Hall–Kier alpha value is -1.60. The number of aromatic hydroxyl groups is 1. The first-order chi connectivity index (χ1) is 8.31. The van der Waals surface area contributed by atoms with Gasteiger partial charge in [-0.2, -0.15) is 0 Å². The van der Waals surface area contributed by atoms with Gasteiger partial charge in [0.1, 0.15) is 5.75 Å².